The highest BCUT2D eigenvalue weighted by Crippen LogP contribution is 2.31. The average molecular weight is 505 g/mol. The van der Waals surface area contributed by atoms with Crippen LogP contribution < -0.4 is 4.74 Å². The zero-order valence-electron chi connectivity index (χ0n) is 19.1. The van der Waals surface area contributed by atoms with E-state index in [1.165, 1.54) is 24.1 Å². The summed E-state index contributed by atoms with van der Waals surface area (Å²) >= 11 is 0. The Morgan fingerprint density at radius 1 is 1.17 bits per heavy atom. The van der Waals surface area contributed by atoms with Crippen molar-refractivity contribution in [3.63, 3.8) is 0 Å². The van der Waals surface area contributed by atoms with Gasteiger partial charge in [-0.15, -0.1) is 13.2 Å². The second kappa shape index (κ2) is 10.3. The summed E-state index contributed by atoms with van der Waals surface area (Å²) < 4.78 is 80.8. The Balaban J connectivity index is 1.67. The van der Waals surface area contributed by atoms with Gasteiger partial charge in [0.1, 0.15) is 18.1 Å². The van der Waals surface area contributed by atoms with E-state index < -0.39 is 36.7 Å². The monoisotopic (exact) mass is 505 g/mol. The normalized spacial score (nSPS) is 18.9. The van der Waals surface area contributed by atoms with E-state index in [2.05, 4.69) is 9.72 Å². The van der Waals surface area contributed by atoms with Crippen LogP contribution in [0.1, 0.15) is 47.4 Å². The molecule has 0 bridgehead atoms. The highest BCUT2D eigenvalue weighted by Gasteiger charge is 2.34. The molecule has 6 nitrogen and oxygen atoms in total. The Kier molecular flexibility index (Phi) is 7.80. The number of nitrogens with zero attached hydrogens (tertiary/aromatic N) is 3. The summed E-state index contributed by atoms with van der Waals surface area (Å²) in [5.74, 6) is -1.73. The number of aromatic nitrogens is 2. The molecule has 2 aromatic rings. The van der Waals surface area contributed by atoms with Crippen molar-refractivity contribution in [3.05, 3.63) is 47.5 Å². The molecule has 1 amide bonds. The van der Waals surface area contributed by atoms with Crippen molar-refractivity contribution >= 4 is 11.7 Å². The van der Waals surface area contributed by atoms with Crippen LogP contribution in [0.15, 0.2) is 30.6 Å². The fourth-order valence-corrected chi connectivity index (χ4v) is 4.38. The molecule has 1 aromatic carbocycles. The first kappa shape index (κ1) is 26.6. The van der Waals surface area contributed by atoms with Crippen molar-refractivity contribution in [2.45, 2.75) is 64.2 Å². The van der Waals surface area contributed by atoms with E-state index in [0.717, 1.165) is 23.0 Å². The summed E-state index contributed by atoms with van der Waals surface area (Å²) in [6, 6.07) is 4.39. The number of aryl methyl sites for hydroxylation is 1. The van der Waals surface area contributed by atoms with Gasteiger partial charge in [-0.2, -0.15) is 13.2 Å². The lowest BCUT2D eigenvalue weighted by Gasteiger charge is -2.35. The van der Waals surface area contributed by atoms with Crippen molar-refractivity contribution in [1.29, 1.82) is 0 Å². The van der Waals surface area contributed by atoms with E-state index >= 15 is 0 Å². The number of carbonyl (C=O) groups excluding carboxylic acids is 2. The SMILES string of the molecule is Cc1ncn(CC(F)(F)F)c1CC(=O)[C@@H]1CCC[C@H](N(C)C(=O)c2cccc(OC(F)(F)F)c2)C1. The van der Waals surface area contributed by atoms with Crippen LogP contribution in [-0.4, -0.2) is 51.8 Å². The van der Waals surface area contributed by atoms with Gasteiger partial charge in [-0.25, -0.2) is 4.98 Å². The van der Waals surface area contributed by atoms with Gasteiger partial charge >= 0.3 is 12.5 Å². The highest BCUT2D eigenvalue weighted by molar-refractivity contribution is 5.94. The second-order valence-corrected chi connectivity index (χ2v) is 8.67. The fraction of sp³-hybridized carbons (Fsp3) is 0.522. The molecule has 3 rings (SSSR count). The lowest BCUT2D eigenvalue weighted by atomic mass is 9.81. The Morgan fingerprint density at radius 3 is 2.54 bits per heavy atom. The van der Waals surface area contributed by atoms with E-state index in [1.807, 2.05) is 0 Å². The summed E-state index contributed by atoms with van der Waals surface area (Å²) in [7, 11) is 1.51. The van der Waals surface area contributed by atoms with Gasteiger partial charge < -0.3 is 14.2 Å². The van der Waals surface area contributed by atoms with E-state index in [9.17, 15) is 35.9 Å². The van der Waals surface area contributed by atoms with Gasteiger partial charge in [0, 0.05) is 36.7 Å². The Morgan fingerprint density at radius 2 is 1.89 bits per heavy atom. The number of hydrogen-bond acceptors (Lipinski definition) is 4. The molecule has 0 N–H and O–H groups in total. The molecule has 192 valence electrons. The number of benzene rings is 1. The number of halogens is 6. The number of amides is 1. The lowest BCUT2D eigenvalue weighted by Crippen LogP contribution is -2.41. The molecule has 1 saturated carbocycles. The molecular weight excluding hydrogens is 480 g/mol. The number of hydrogen-bond donors (Lipinski definition) is 0. The van der Waals surface area contributed by atoms with Crippen LogP contribution in [-0.2, 0) is 17.8 Å². The molecule has 1 aliphatic rings. The minimum atomic E-state index is -4.89. The summed E-state index contributed by atoms with van der Waals surface area (Å²) in [5, 5.41) is 0. The minimum Gasteiger partial charge on any atom is -0.406 e. The smallest absolute Gasteiger partial charge is 0.406 e. The van der Waals surface area contributed by atoms with Crippen LogP contribution in [0, 0.1) is 12.8 Å². The topological polar surface area (TPSA) is 64.4 Å². The predicted molar refractivity (Wildman–Crippen MR) is 113 cm³/mol. The molecule has 12 heteroatoms. The number of imidazole rings is 1. The zero-order valence-corrected chi connectivity index (χ0v) is 19.1. The molecule has 0 spiro atoms. The molecule has 2 atom stereocenters. The zero-order chi connectivity index (χ0) is 26.0. The first-order valence-electron chi connectivity index (χ1n) is 11.0. The number of ketones is 1. The van der Waals surface area contributed by atoms with Crippen molar-refractivity contribution in [2.24, 2.45) is 5.92 Å². The second-order valence-electron chi connectivity index (χ2n) is 8.67. The van der Waals surface area contributed by atoms with E-state index in [0.29, 0.717) is 31.4 Å². The molecule has 0 unspecified atom stereocenters. The Hall–Kier alpha value is -3.05. The van der Waals surface area contributed by atoms with Crippen molar-refractivity contribution < 1.29 is 40.7 Å². The van der Waals surface area contributed by atoms with Crippen LogP contribution in [0.3, 0.4) is 0 Å². The number of Topliss-reactive ketones (excluding diaryl/α,β-unsaturated/α-hetero) is 1. The van der Waals surface area contributed by atoms with Crippen LogP contribution >= 0.6 is 0 Å². The van der Waals surface area contributed by atoms with E-state index in [4.69, 9.17) is 0 Å². The Labute approximate surface area is 197 Å². The highest BCUT2D eigenvalue weighted by atomic mass is 19.4. The van der Waals surface area contributed by atoms with Crippen LogP contribution in [0.25, 0.3) is 0 Å². The average Bonchev–Trinajstić information content (AvgIpc) is 3.09. The van der Waals surface area contributed by atoms with Gasteiger partial charge in [0.15, 0.2) is 0 Å². The van der Waals surface area contributed by atoms with Gasteiger partial charge in [0.25, 0.3) is 5.91 Å². The maximum atomic E-state index is 13.0. The van der Waals surface area contributed by atoms with Gasteiger partial charge in [-0.05, 0) is 44.4 Å². The number of carbonyl (C=O) groups is 2. The van der Waals surface area contributed by atoms with E-state index in [-0.39, 0.29) is 29.5 Å². The maximum Gasteiger partial charge on any atom is 0.573 e. The number of alkyl halides is 6. The molecule has 1 fully saturated rings. The van der Waals surface area contributed by atoms with Crippen LogP contribution in [0.2, 0.25) is 0 Å². The van der Waals surface area contributed by atoms with Crippen molar-refractivity contribution in [1.82, 2.24) is 14.5 Å². The molecule has 0 radical (unpaired) electrons. The molecule has 0 aliphatic heterocycles. The van der Waals surface area contributed by atoms with Gasteiger partial charge in [-0.1, -0.05) is 12.5 Å². The summed E-state index contributed by atoms with van der Waals surface area (Å²) in [6.07, 6.45) is -6.41. The van der Waals surface area contributed by atoms with E-state index in [1.54, 1.807) is 6.92 Å². The largest absolute Gasteiger partial charge is 0.573 e. The molecule has 1 aliphatic carbocycles. The quantitative estimate of drug-likeness (QED) is 0.492. The van der Waals surface area contributed by atoms with Gasteiger partial charge in [0.2, 0.25) is 0 Å². The summed E-state index contributed by atoms with van der Waals surface area (Å²) in [6.45, 7) is 0.306. The number of ether oxygens (including phenoxy) is 1. The third-order valence-electron chi connectivity index (χ3n) is 6.13. The van der Waals surface area contributed by atoms with Crippen LogP contribution in [0.4, 0.5) is 26.3 Å². The summed E-state index contributed by atoms with van der Waals surface area (Å²) in [5.41, 5.74) is 0.568. The lowest BCUT2D eigenvalue weighted by molar-refractivity contribution is -0.274. The molecule has 1 aromatic heterocycles. The molecular formula is C23H25F6N3O3. The number of rotatable bonds is 7. The third-order valence-corrected chi connectivity index (χ3v) is 6.13. The van der Waals surface area contributed by atoms with Gasteiger partial charge in [0.05, 0.1) is 12.0 Å². The Bertz CT molecular complexity index is 1060. The first-order chi connectivity index (χ1) is 16.2. The first-order valence-corrected chi connectivity index (χ1v) is 11.0. The fourth-order valence-electron chi connectivity index (χ4n) is 4.38. The van der Waals surface area contributed by atoms with Gasteiger partial charge in [-0.3, -0.25) is 9.59 Å². The predicted octanol–water partition coefficient (Wildman–Crippen LogP) is 5.10. The maximum absolute atomic E-state index is 13.0. The van der Waals surface area contributed by atoms with Crippen molar-refractivity contribution in [2.75, 3.05) is 7.05 Å². The van der Waals surface area contributed by atoms with Crippen molar-refractivity contribution in [3.8, 4) is 5.75 Å². The minimum absolute atomic E-state index is 0.00868. The molecule has 35 heavy (non-hydrogen) atoms. The molecule has 1 heterocycles. The standard InChI is InChI=1S/C23H25F6N3O3/c1-14-19(32(13-30-14)12-22(24,25)26)11-20(33)15-5-3-7-17(9-15)31(2)21(34)16-6-4-8-18(10-16)35-23(27,28)29/h4,6,8,10,13,15,17H,3,5,7,9,11-12H2,1-2H3/t15-,17+/m1/s1. The van der Waals surface area contributed by atoms with Crippen LogP contribution in [0.5, 0.6) is 5.75 Å². The molecule has 0 saturated heterocycles. The third kappa shape index (κ3) is 7.22. The summed E-state index contributed by atoms with van der Waals surface area (Å²) in [4.78, 5) is 31.2.